The van der Waals surface area contributed by atoms with Crippen molar-refractivity contribution in [2.75, 3.05) is 0 Å². The summed E-state index contributed by atoms with van der Waals surface area (Å²) >= 11 is 0. The second kappa shape index (κ2) is 5.09. The van der Waals surface area contributed by atoms with Crippen molar-refractivity contribution >= 4 is 5.97 Å². The van der Waals surface area contributed by atoms with Gasteiger partial charge in [-0.2, -0.15) is 5.10 Å². The lowest BCUT2D eigenvalue weighted by molar-refractivity contribution is 0.0695. The van der Waals surface area contributed by atoms with Gasteiger partial charge in [-0.3, -0.25) is 4.79 Å². The molecule has 0 amide bonds. The van der Waals surface area contributed by atoms with Gasteiger partial charge >= 0.3 is 5.97 Å². The summed E-state index contributed by atoms with van der Waals surface area (Å²) in [5, 5.41) is 13.1. The van der Waals surface area contributed by atoms with Crippen molar-refractivity contribution in [1.82, 2.24) is 14.8 Å². The van der Waals surface area contributed by atoms with E-state index in [2.05, 4.69) is 10.1 Å². The van der Waals surface area contributed by atoms with Crippen LogP contribution in [-0.2, 0) is 0 Å². The number of nitrogens with one attached hydrogen (secondary N) is 1. The normalized spacial score (nSPS) is 10.5. The zero-order chi connectivity index (χ0) is 14.8. The average molecular weight is 281 g/mol. The predicted molar refractivity (Wildman–Crippen MR) is 76.6 cm³/mol. The molecule has 1 aromatic carbocycles. The van der Waals surface area contributed by atoms with Crippen molar-refractivity contribution in [2.24, 2.45) is 0 Å². The number of hydrogen-bond acceptors (Lipinski definition) is 3. The molecule has 0 unspecified atom stereocenters. The van der Waals surface area contributed by atoms with Gasteiger partial charge in [-0.05, 0) is 24.3 Å². The Morgan fingerprint density at radius 1 is 1.14 bits per heavy atom. The lowest BCUT2D eigenvalue weighted by Gasteiger charge is -2.00. The molecule has 0 radical (unpaired) electrons. The Balaban J connectivity index is 1.99. The molecule has 0 spiro atoms. The number of benzene rings is 1. The van der Waals surface area contributed by atoms with Crippen LogP contribution in [0.5, 0.6) is 0 Å². The fourth-order valence-electron chi connectivity index (χ4n) is 1.99. The number of aromatic carboxylic acids is 1. The highest BCUT2D eigenvalue weighted by atomic mass is 16.4. The van der Waals surface area contributed by atoms with E-state index in [1.165, 1.54) is 6.07 Å². The molecule has 0 aliphatic heterocycles. The van der Waals surface area contributed by atoms with Gasteiger partial charge in [-0.1, -0.05) is 18.2 Å². The molecule has 0 bridgehead atoms. The van der Waals surface area contributed by atoms with Crippen molar-refractivity contribution in [3.63, 3.8) is 0 Å². The smallest absolute Gasteiger partial charge is 0.341 e. The first-order valence-corrected chi connectivity index (χ1v) is 6.22. The summed E-state index contributed by atoms with van der Waals surface area (Å²) in [6.07, 6.45) is 3.37. The van der Waals surface area contributed by atoms with Gasteiger partial charge in [0.1, 0.15) is 5.56 Å². The Labute approximate surface area is 119 Å². The van der Waals surface area contributed by atoms with Crippen LogP contribution >= 0.6 is 0 Å². The molecule has 2 heterocycles. The lowest BCUT2D eigenvalue weighted by Crippen LogP contribution is -2.17. The van der Waals surface area contributed by atoms with Gasteiger partial charge in [-0.15, -0.1) is 0 Å². The van der Waals surface area contributed by atoms with E-state index in [-0.39, 0.29) is 5.56 Å². The SMILES string of the molecule is O=C(O)c1ccc(-c2cnn(-c3ccccc3)c2)[nH]c1=O. The van der Waals surface area contributed by atoms with Crippen molar-refractivity contribution in [3.8, 4) is 16.9 Å². The number of carboxylic acid groups (broad SMARTS) is 1. The third-order valence-electron chi connectivity index (χ3n) is 3.05. The summed E-state index contributed by atoms with van der Waals surface area (Å²) in [6.45, 7) is 0. The molecule has 0 aliphatic rings. The van der Waals surface area contributed by atoms with Crippen LogP contribution in [0.4, 0.5) is 0 Å². The van der Waals surface area contributed by atoms with Gasteiger partial charge in [0.15, 0.2) is 0 Å². The minimum absolute atomic E-state index is 0.283. The van der Waals surface area contributed by atoms with Crippen LogP contribution in [0.15, 0.2) is 59.7 Å². The van der Waals surface area contributed by atoms with Crippen molar-refractivity contribution in [3.05, 3.63) is 70.8 Å². The Kier molecular flexibility index (Phi) is 3.12. The van der Waals surface area contributed by atoms with E-state index in [9.17, 15) is 9.59 Å². The third-order valence-corrected chi connectivity index (χ3v) is 3.05. The van der Waals surface area contributed by atoms with Crippen LogP contribution in [-0.4, -0.2) is 25.8 Å². The molecular formula is C15H11N3O3. The molecule has 6 heteroatoms. The Morgan fingerprint density at radius 3 is 2.57 bits per heavy atom. The largest absolute Gasteiger partial charge is 0.477 e. The van der Waals surface area contributed by atoms with Crippen molar-refractivity contribution < 1.29 is 9.90 Å². The number of pyridine rings is 1. The van der Waals surface area contributed by atoms with Crippen LogP contribution in [0.1, 0.15) is 10.4 Å². The minimum Gasteiger partial charge on any atom is -0.477 e. The Bertz CT molecular complexity index is 850. The van der Waals surface area contributed by atoms with Gasteiger partial charge in [0, 0.05) is 11.8 Å². The predicted octanol–water partition coefficient (Wildman–Crippen LogP) is 1.93. The number of aromatic amines is 1. The first-order chi connectivity index (χ1) is 10.1. The number of carbonyl (C=O) groups is 1. The van der Waals surface area contributed by atoms with Crippen molar-refractivity contribution in [1.29, 1.82) is 0 Å². The Hall–Kier alpha value is -3.15. The van der Waals surface area contributed by atoms with Crippen LogP contribution in [0, 0.1) is 0 Å². The first kappa shape index (κ1) is 12.9. The van der Waals surface area contributed by atoms with E-state index >= 15 is 0 Å². The monoisotopic (exact) mass is 281 g/mol. The van der Waals surface area contributed by atoms with Crippen LogP contribution in [0.25, 0.3) is 16.9 Å². The van der Waals surface area contributed by atoms with E-state index in [0.29, 0.717) is 11.3 Å². The van der Waals surface area contributed by atoms with E-state index in [0.717, 1.165) is 5.69 Å². The van der Waals surface area contributed by atoms with Gasteiger partial charge in [0.2, 0.25) is 0 Å². The number of H-pyrrole nitrogens is 1. The van der Waals surface area contributed by atoms with Crippen molar-refractivity contribution in [2.45, 2.75) is 0 Å². The van der Waals surface area contributed by atoms with Gasteiger partial charge < -0.3 is 10.1 Å². The zero-order valence-electron chi connectivity index (χ0n) is 10.9. The number of rotatable bonds is 3. The van der Waals surface area contributed by atoms with E-state index in [1.54, 1.807) is 23.1 Å². The maximum Gasteiger partial charge on any atom is 0.341 e. The molecule has 0 aliphatic carbocycles. The van der Waals surface area contributed by atoms with E-state index in [4.69, 9.17) is 5.11 Å². The molecule has 3 rings (SSSR count). The molecule has 0 saturated carbocycles. The summed E-state index contributed by atoms with van der Waals surface area (Å²) in [5.41, 5.74) is 1.20. The highest BCUT2D eigenvalue weighted by Crippen LogP contribution is 2.17. The average Bonchev–Trinajstić information content (AvgIpc) is 2.97. The maximum absolute atomic E-state index is 11.7. The molecule has 2 N–H and O–H groups in total. The topological polar surface area (TPSA) is 88.0 Å². The summed E-state index contributed by atoms with van der Waals surface area (Å²) in [6, 6.07) is 12.4. The van der Waals surface area contributed by atoms with Gasteiger partial charge in [-0.25, -0.2) is 9.48 Å². The van der Waals surface area contributed by atoms with E-state index in [1.807, 2.05) is 30.3 Å². The third kappa shape index (κ3) is 2.46. The molecule has 0 saturated heterocycles. The summed E-state index contributed by atoms with van der Waals surface area (Å²) in [5.74, 6) is -1.25. The summed E-state index contributed by atoms with van der Waals surface area (Å²) in [7, 11) is 0. The highest BCUT2D eigenvalue weighted by molar-refractivity contribution is 5.87. The number of hydrogen-bond donors (Lipinski definition) is 2. The number of nitrogens with zero attached hydrogens (tertiary/aromatic N) is 2. The molecule has 104 valence electrons. The fraction of sp³-hybridized carbons (Fsp3) is 0. The van der Waals surface area contributed by atoms with Crippen LogP contribution in [0.3, 0.4) is 0 Å². The van der Waals surface area contributed by atoms with Crippen LogP contribution < -0.4 is 5.56 Å². The number of carboxylic acids is 1. The summed E-state index contributed by atoms with van der Waals surface area (Å²) < 4.78 is 1.68. The van der Waals surface area contributed by atoms with E-state index < -0.39 is 11.5 Å². The molecule has 2 aromatic heterocycles. The molecule has 21 heavy (non-hydrogen) atoms. The number of para-hydroxylation sites is 1. The molecule has 3 aromatic rings. The van der Waals surface area contributed by atoms with Crippen LogP contribution in [0.2, 0.25) is 0 Å². The highest BCUT2D eigenvalue weighted by Gasteiger charge is 2.10. The minimum atomic E-state index is -1.25. The maximum atomic E-state index is 11.7. The molecular weight excluding hydrogens is 270 g/mol. The second-order valence-electron chi connectivity index (χ2n) is 4.43. The molecule has 6 nitrogen and oxygen atoms in total. The second-order valence-corrected chi connectivity index (χ2v) is 4.43. The zero-order valence-corrected chi connectivity index (χ0v) is 10.9. The quantitative estimate of drug-likeness (QED) is 0.767. The standard InChI is InChI=1S/C15H11N3O3/c19-14-12(15(20)21)6-7-13(17-14)10-8-16-18(9-10)11-4-2-1-3-5-11/h1-9H,(H,17,19)(H,20,21). The lowest BCUT2D eigenvalue weighted by atomic mass is 10.2. The molecule has 0 fully saturated rings. The molecule has 0 atom stereocenters. The first-order valence-electron chi connectivity index (χ1n) is 6.22. The summed E-state index contributed by atoms with van der Waals surface area (Å²) in [4.78, 5) is 25.0. The fourth-order valence-corrected chi connectivity index (χ4v) is 1.99. The van der Waals surface area contributed by atoms with Gasteiger partial charge in [0.25, 0.3) is 5.56 Å². The number of aromatic nitrogens is 3. The van der Waals surface area contributed by atoms with Gasteiger partial charge in [0.05, 0.1) is 17.6 Å². The Morgan fingerprint density at radius 2 is 1.90 bits per heavy atom.